The number of hydrazone groups is 1. The summed E-state index contributed by atoms with van der Waals surface area (Å²) in [5, 5.41) is 7.00. The number of fused-ring (bicyclic) bond motifs is 1. The third kappa shape index (κ3) is 4.57. The van der Waals surface area contributed by atoms with E-state index < -0.39 is 17.8 Å². The minimum atomic E-state index is -0.523. The maximum absolute atomic E-state index is 13.0. The summed E-state index contributed by atoms with van der Waals surface area (Å²) in [6.07, 6.45) is 3.45. The Kier molecular flexibility index (Phi) is 6.39. The van der Waals surface area contributed by atoms with Crippen molar-refractivity contribution in [3.05, 3.63) is 76.6 Å². The largest absolute Gasteiger partial charge is 0.462 e. The number of nitrogens with one attached hydrogen (secondary N) is 2. The molecule has 3 aromatic rings. The maximum Gasteiger partial charge on any atom is 0.340 e. The highest BCUT2D eigenvalue weighted by Crippen LogP contribution is 2.30. The Morgan fingerprint density at radius 1 is 1.09 bits per heavy atom. The highest BCUT2D eigenvalue weighted by atomic mass is 16.5. The molecule has 0 aliphatic heterocycles. The molecule has 0 atom stereocenters. The van der Waals surface area contributed by atoms with Crippen LogP contribution in [0.1, 0.15) is 68.1 Å². The molecular formula is C24H23N3O6. The van der Waals surface area contributed by atoms with Crippen LogP contribution >= 0.6 is 0 Å². The lowest BCUT2D eigenvalue weighted by Gasteiger charge is -2.13. The van der Waals surface area contributed by atoms with Gasteiger partial charge in [0.2, 0.25) is 0 Å². The zero-order chi connectivity index (χ0) is 23.4. The number of furan rings is 2. The third-order valence-corrected chi connectivity index (χ3v) is 5.24. The van der Waals surface area contributed by atoms with E-state index in [1.807, 2.05) is 0 Å². The Bertz CT molecular complexity index is 1220. The van der Waals surface area contributed by atoms with Crippen LogP contribution in [0, 0.1) is 6.92 Å². The molecule has 9 nitrogen and oxygen atoms in total. The predicted octanol–water partition coefficient (Wildman–Crippen LogP) is 4.08. The standard InChI is InChI=1S/C24H23N3O6/c1-3-31-24(30)15-8-4-5-9-16(15)25-23(29)21-14(2)20-17(10-6-11-18(20)33-21)26-27-22(28)19-12-7-13-32-19/h4-5,7-9,12-13H,3,6,10-11H2,1-2H3,(H,25,29)(H,27,28)/b26-17+. The van der Waals surface area contributed by atoms with E-state index in [0.29, 0.717) is 41.1 Å². The fourth-order valence-electron chi connectivity index (χ4n) is 3.74. The van der Waals surface area contributed by atoms with Gasteiger partial charge < -0.3 is 18.9 Å². The summed E-state index contributed by atoms with van der Waals surface area (Å²) in [4.78, 5) is 37.4. The van der Waals surface area contributed by atoms with Gasteiger partial charge in [-0.3, -0.25) is 9.59 Å². The van der Waals surface area contributed by atoms with Crippen LogP contribution in [-0.4, -0.2) is 30.1 Å². The Morgan fingerprint density at radius 2 is 1.91 bits per heavy atom. The monoisotopic (exact) mass is 449 g/mol. The fraction of sp³-hybridized carbons (Fsp3) is 0.250. The summed E-state index contributed by atoms with van der Waals surface area (Å²) in [7, 11) is 0. The SMILES string of the molecule is CCOC(=O)c1ccccc1NC(=O)c1oc2c(c1C)/C(=N/NC(=O)c1ccco1)CCC2. The number of hydrogen-bond donors (Lipinski definition) is 2. The number of esters is 1. The van der Waals surface area contributed by atoms with Crippen molar-refractivity contribution in [3.63, 3.8) is 0 Å². The number of amides is 2. The molecule has 0 saturated carbocycles. The molecule has 2 amide bonds. The molecule has 0 spiro atoms. The summed E-state index contributed by atoms with van der Waals surface area (Å²) < 4.78 is 16.0. The Hall–Kier alpha value is -4.14. The Balaban J connectivity index is 1.58. The van der Waals surface area contributed by atoms with E-state index >= 15 is 0 Å². The number of ether oxygens (including phenoxy) is 1. The van der Waals surface area contributed by atoms with E-state index in [2.05, 4.69) is 15.8 Å². The molecule has 0 unspecified atom stereocenters. The number of rotatable bonds is 6. The van der Waals surface area contributed by atoms with Crippen LogP contribution < -0.4 is 10.7 Å². The van der Waals surface area contributed by atoms with E-state index in [4.69, 9.17) is 13.6 Å². The second kappa shape index (κ2) is 9.56. The van der Waals surface area contributed by atoms with Crippen molar-refractivity contribution < 1.29 is 28.0 Å². The predicted molar refractivity (Wildman–Crippen MR) is 119 cm³/mol. The third-order valence-electron chi connectivity index (χ3n) is 5.24. The lowest BCUT2D eigenvalue weighted by molar-refractivity contribution is 0.0527. The summed E-state index contributed by atoms with van der Waals surface area (Å²) >= 11 is 0. The van der Waals surface area contributed by atoms with Crippen molar-refractivity contribution in [2.75, 3.05) is 11.9 Å². The zero-order valence-corrected chi connectivity index (χ0v) is 18.3. The van der Waals surface area contributed by atoms with Crippen molar-refractivity contribution in [1.29, 1.82) is 0 Å². The highest BCUT2D eigenvalue weighted by molar-refractivity contribution is 6.11. The first kappa shape index (κ1) is 22.1. The van der Waals surface area contributed by atoms with Crippen LogP contribution in [0.5, 0.6) is 0 Å². The number of nitrogens with zero attached hydrogens (tertiary/aromatic N) is 1. The van der Waals surface area contributed by atoms with Gasteiger partial charge in [0.15, 0.2) is 11.5 Å². The van der Waals surface area contributed by atoms with Gasteiger partial charge in [0.1, 0.15) is 5.76 Å². The molecule has 4 rings (SSSR count). The molecule has 0 bridgehead atoms. The van der Waals surface area contributed by atoms with Gasteiger partial charge in [-0.15, -0.1) is 0 Å². The molecule has 1 aliphatic carbocycles. The molecule has 1 aromatic carbocycles. The molecule has 2 heterocycles. The van der Waals surface area contributed by atoms with Gasteiger partial charge in [-0.2, -0.15) is 5.10 Å². The van der Waals surface area contributed by atoms with Gasteiger partial charge in [0, 0.05) is 17.5 Å². The normalized spacial score (nSPS) is 13.9. The van der Waals surface area contributed by atoms with Crippen molar-refractivity contribution in [2.45, 2.75) is 33.1 Å². The molecule has 0 fully saturated rings. The number of benzene rings is 1. The first-order valence-corrected chi connectivity index (χ1v) is 10.6. The van der Waals surface area contributed by atoms with Gasteiger partial charge in [-0.25, -0.2) is 10.2 Å². The molecule has 0 saturated heterocycles. The van der Waals surface area contributed by atoms with E-state index in [1.165, 1.54) is 6.26 Å². The molecule has 2 N–H and O–H groups in total. The number of anilines is 1. The lowest BCUT2D eigenvalue weighted by Crippen LogP contribution is -2.21. The van der Waals surface area contributed by atoms with Crippen LogP contribution in [0.4, 0.5) is 5.69 Å². The van der Waals surface area contributed by atoms with Crippen molar-refractivity contribution in [3.8, 4) is 0 Å². The van der Waals surface area contributed by atoms with Crippen LogP contribution in [-0.2, 0) is 11.2 Å². The van der Waals surface area contributed by atoms with Crippen LogP contribution in [0.3, 0.4) is 0 Å². The van der Waals surface area contributed by atoms with Gasteiger partial charge in [-0.05, 0) is 51.0 Å². The van der Waals surface area contributed by atoms with Crippen LogP contribution in [0.15, 0.2) is 56.6 Å². The molecule has 2 aromatic heterocycles. The molecule has 1 aliphatic rings. The van der Waals surface area contributed by atoms with E-state index in [-0.39, 0.29) is 23.7 Å². The average molecular weight is 449 g/mol. The van der Waals surface area contributed by atoms with E-state index in [0.717, 1.165) is 6.42 Å². The number of para-hydroxylation sites is 1. The van der Waals surface area contributed by atoms with Crippen LogP contribution in [0.2, 0.25) is 0 Å². The highest BCUT2D eigenvalue weighted by Gasteiger charge is 2.29. The van der Waals surface area contributed by atoms with Gasteiger partial charge in [0.25, 0.3) is 5.91 Å². The molecule has 0 radical (unpaired) electrons. The van der Waals surface area contributed by atoms with E-state index in [9.17, 15) is 14.4 Å². The summed E-state index contributed by atoms with van der Waals surface area (Å²) in [5.41, 5.74) is 5.03. The Labute approximate surface area is 189 Å². The second-order valence-corrected chi connectivity index (χ2v) is 7.40. The topological polar surface area (TPSA) is 123 Å². The smallest absolute Gasteiger partial charge is 0.340 e. The van der Waals surface area contributed by atoms with Gasteiger partial charge in [0.05, 0.1) is 29.8 Å². The lowest BCUT2D eigenvalue weighted by atomic mass is 9.93. The first-order valence-electron chi connectivity index (χ1n) is 10.6. The minimum Gasteiger partial charge on any atom is -0.462 e. The summed E-state index contributed by atoms with van der Waals surface area (Å²) in [5.74, 6) is -0.559. The fourth-order valence-corrected chi connectivity index (χ4v) is 3.74. The van der Waals surface area contributed by atoms with Crippen molar-refractivity contribution in [1.82, 2.24) is 5.43 Å². The van der Waals surface area contributed by atoms with Crippen molar-refractivity contribution in [2.24, 2.45) is 5.10 Å². The average Bonchev–Trinajstić information content (AvgIpc) is 3.47. The van der Waals surface area contributed by atoms with E-state index in [1.54, 1.807) is 50.2 Å². The second-order valence-electron chi connectivity index (χ2n) is 7.40. The molecule has 33 heavy (non-hydrogen) atoms. The number of carbonyl (C=O) groups is 3. The maximum atomic E-state index is 13.0. The number of aryl methyl sites for hydroxylation is 1. The van der Waals surface area contributed by atoms with Gasteiger partial charge in [-0.1, -0.05) is 12.1 Å². The molecular weight excluding hydrogens is 426 g/mol. The number of carbonyl (C=O) groups excluding carboxylic acids is 3. The summed E-state index contributed by atoms with van der Waals surface area (Å²) in [6.45, 7) is 3.71. The van der Waals surface area contributed by atoms with Crippen LogP contribution in [0.25, 0.3) is 0 Å². The van der Waals surface area contributed by atoms with Gasteiger partial charge >= 0.3 is 11.9 Å². The molecule has 170 valence electrons. The number of hydrogen-bond acceptors (Lipinski definition) is 7. The van der Waals surface area contributed by atoms with Crippen molar-refractivity contribution >= 4 is 29.2 Å². The minimum absolute atomic E-state index is 0.130. The quantitative estimate of drug-likeness (QED) is 0.432. The Morgan fingerprint density at radius 3 is 2.67 bits per heavy atom. The summed E-state index contributed by atoms with van der Waals surface area (Å²) in [6, 6.07) is 9.77. The molecule has 9 heteroatoms. The first-order chi connectivity index (χ1) is 16.0. The zero-order valence-electron chi connectivity index (χ0n) is 18.3.